The molecule has 0 spiro atoms. The van der Waals surface area contributed by atoms with Crippen molar-refractivity contribution in [1.82, 2.24) is 0 Å². The molecule has 2 aromatic rings. The zero-order valence-corrected chi connectivity index (χ0v) is 13.7. The number of hydrogen-bond acceptors (Lipinski definition) is 3. The number of rotatable bonds is 7. The van der Waals surface area contributed by atoms with Gasteiger partial charge in [-0.1, -0.05) is 55.5 Å². The SMILES string of the molecule is CC(CC(CCN)S(=O)(=O)c1ccccc1)c1ccccc1. The average molecular weight is 317 g/mol. The predicted octanol–water partition coefficient (Wildman–Crippen LogP) is 3.37. The lowest BCUT2D eigenvalue weighted by molar-refractivity contribution is 0.543. The van der Waals surface area contributed by atoms with E-state index in [1.807, 2.05) is 36.4 Å². The minimum Gasteiger partial charge on any atom is -0.330 e. The fraction of sp³-hybridized carbons (Fsp3) is 0.333. The lowest BCUT2D eigenvalue weighted by atomic mass is 9.95. The van der Waals surface area contributed by atoms with Gasteiger partial charge in [0.05, 0.1) is 10.1 Å². The summed E-state index contributed by atoms with van der Waals surface area (Å²) >= 11 is 0. The summed E-state index contributed by atoms with van der Waals surface area (Å²) in [5, 5.41) is -0.449. The molecular weight excluding hydrogens is 294 g/mol. The van der Waals surface area contributed by atoms with Crippen LogP contribution in [0.4, 0.5) is 0 Å². The van der Waals surface area contributed by atoms with Crippen LogP contribution in [-0.2, 0) is 9.84 Å². The van der Waals surface area contributed by atoms with E-state index in [0.717, 1.165) is 5.56 Å². The van der Waals surface area contributed by atoms with Gasteiger partial charge in [0.25, 0.3) is 0 Å². The Morgan fingerprint density at radius 1 is 0.955 bits per heavy atom. The maximum absolute atomic E-state index is 12.8. The Hall–Kier alpha value is -1.65. The summed E-state index contributed by atoms with van der Waals surface area (Å²) in [4.78, 5) is 0.383. The monoisotopic (exact) mass is 317 g/mol. The van der Waals surface area contributed by atoms with E-state index >= 15 is 0 Å². The topological polar surface area (TPSA) is 60.2 Å². The molecule has 3 nitrogen and oxygen atoms in total. The maximum atomic E-state index is 12.8. The molecule has 0 heterocycles. The van der Waals surface area contributed by atoms with E-state index in [-0.39, 0.29) is 5.92 Å². The van der Waals surface area contributed by atoms with Gasteiger partial charge in [0.2, 0.25) is 0 Å². The second-order valence-electron chi connectivity index (χ2n) is 5.60. The first kappa shape index (κ1) is 16.7. The predicted molar refractivity (Wildman–Crippen MR) is 90.6 cm³/mol. The summed E-state index contributed by atoms with van der Waals surface area (Å²) in [6, 6.07) is 18.7. The maximum Gasteiger partial charge on any atom is 0.181 e. The Kier molecular flexibility index (Phi) is 5.75. The fourth-order valence-corrected chi connectivity index (χ4v) is 4.61. The van der Waals surface area contributed by atoms with Gasteiger partial charge >= 0.3 is 0 Å². The first-order chi connectivity index (χ1) is 10.6. The third kappa shape index (κ3) is 3.96. The summed E-state index contributed by atoms with van der Waals surface area (Å²) in [7, 11) is -3.35. The van der Waals surface area contributed by atoms with E-state index < -0.39 is 15.1 Å². The van der Waals surface area contributed by atoms with Crippen LogP contribution >= 0.6 is 0 Å². The van der Waals surface area contributed by atoms with E-state index in [4.69, 9.17) is 5.73 Å². The molecule has 4 heteroatoms. The van der Waals surface area contributed by atoms with Crippen LogP contribution in [0.1, 0.15) is 31.2 Å². The lowest BCUT2D eigenvalue weighted by Gasteiger charge is -2.21. The first-order valence-electron chi connectivity index (χ1n) is 7.59. The van der Waals surface area contributed by atoms with Crippen molar-refractivity contribution in [2.45, 2.75) is 35.8 Å². The molecule has 0 bridgehead atoms. The molecule has 0 saturated heterocycles. The zero-order chi connectivity index (χ0) is 16.0. The standard InChI is InChI=1S/C18H23NO2S/c1-15(16-8-4-2-5-9-16)14-18(12-13-19)22(20,21)17-10-6-3-7-11-17/h2-11,15,18H,12-14,19H2,1H3. The molecule has 0 aliphatic heterocycles. The second-order valence-corrected chi connectivity index (χ2v) is 7.83. The van der Waals surface area contributed by atoms with Gasteiger partial charge in [-0.15, -0.1) is 0 Å². The molecular formula is C18H23NO2S. The van der Waals surface area contributed by atoms with E-state index in [0.29, 0.717) is 24.3 Å². The highest BCUT2D eigenvalue weighted by Gasteiger charge is 2.28. The second kappa shape index (κ2) is 7.56. The number of hydrogen-bond donors (Lipinski definition) is 1. The van der Waals surface area contributed by atoms with Gasteiger partial charge in [0, 0.05) is 0 Å². The molecule has 22 heavy (non-hydrogen) atoms. The third-order valence-corrected chi connectivity index (χ3v) is 6.22. The molecule has 0 aliphatic carbocycles. The van der Waals surface area contributed by atoms with Gasteiger partial charge in [-0.3, -0.25) is 0 Å². The number of nitrogens with two attached hydrogens (primary N) is 1. The van der Waals surface area contributed by atoms with Crippen LogP contribution in [0.5, 0.6) is 0 Å². The molecule has 2 rings (SSSR count). The van der Waals surface area contributed by atoms with Gasteiger partial charge in [-0.05, 0) is 43.0 Å². The Balaban J connectivity index is 2.23. The van der Waals surface area contributed by atoms with E-state index in [9.17, 15) is 8.42 Å². The van der Waals surface area contributed by atoms with E-state index in [1.165, 1.54) is 0 Å². The van der Waals surface area contributed by atoms with Crippen LogP contribution in [0.3, 0.4) is 0 Å². The lowest BCUT2D eigenvalue weighted by Crippen LogP contribution is -2.26. The van der Waals surface area contributed by atoms with Gasteiger partial charge in [-0.25, -0.2) is 8.42 Å². The molecule has 2 aromatic carbocycles. The number of sulfone groups is 1. The van der Waals surface area contributed by atoms with Crippen LogP contribution in [0.15, 0.2) is 65.6 Å². The molecule has 0 radical (unpaired) electrons. The Morgan fingerprint density at radius 2 is 1.50 bits per heavy atom. The highest BCUT2D eigenvalue weighted by molar-refractivity contribution is 7.92. The fourth-order valence-electron chi connectivity index (χ4n) is 2.70. The van der Waals surface area contributed by atoms with Crippen LogP contribution in [0.25, 0.3) is 0 Å². The zero-order valence-electron chi connectivity index (χ0n) is 12.9. The summed E-state index contributed by atoms with van der Waals surface area (Å²) < 4.78 is 25.7. The summed E-state index contributed by atoms with van der Waals surface area (Å²) in [6.07, 6.45) is 1.06. The van der Waals surface area contributed by atoms with Crippen molar-refractivity contribution in [2.24, 2.45) is 5.73 Å². The van der Waals surface area contributed by atoms with Gasteiger partial charge in [0.15, 0.2) is 9.84 Å². The third-order valence-electron chi connectivity index (χ3n) is 3.98. The highest BCUT2D eigenvalue weighted by Crippen LogP contribution is 2.28. The molecule has 2 N–H and O–H groups in total. The quantitative estimate of drug-likeness (QED) is 0.851. The first-order valence-corrected chi connectivity index (χ1v) is 9.14. The van der Waals surface area contributed by atoms with Crippen molar-refractivity contribution in [3.05, 3.63) is 66.2 Å². The molecule has 0 amide bonds. The molecule has 0 saturated carbocycles. The Morgan fingerprint density at radius 3 is 2.05 bits per heavy atom. The Labute approximate surface area is 133 Å². The molecule has 2 atom stereocenters. The van der Waals surface area contributed by atoms with E-state index in [1.54, 1.807) is 24.3 Å². The summed E-state index contributed by atoms with van der Waals surface area (Å²) in [5.41, 5.74) is 6.81. The molecule has 0 fully saturated rings. The number of benzene rings is 2. The normalized spacial score (nSPS) is 14.5. The van der Waals surface area contributed by atoms with Crippen molar-refractivity contribution in [3.8, 4) is 0 Å². The summed E-state index contributed by atoms with van der Waals surface area (Å²) in [5.74, 6) is 0.177. The van der Waals surface area contributed by atoms with Crippen LogP contribution in [-0.4, -0.2) is 20.2 Å². The highest BCUT2D eigenvalue weighted by atomic mass is 32.2. The van der Waals surface area contributed by atoms with Gasteiger partial charge < -0.3 is 5.73 Å². The molecule has 118 valence electrons. The van der Waals surface area contributed by atoms with Crippen LogP contribution in [0, 0.1) is 0 Å². The van der Waals surface area contributed by atoms with Crippen LogP contribution in [0.2, 0.25) is 0 Å². The molecule has 0 aromatic heterocycles. The Bertz CT molecular complexity index is 669. The average Bonchev–Trinajstić information content (AvgIpc) is 2.56. The van der Waals surface area contributed by atoms with Crippen molar-refractivity contribution < 1.29 is 8.42 Å². The largest absolute Gasteiger partial charge is 0.330 e. The molecule has 0 aliphatic rings. The smallest absolute Gasteiger partial charge is 0.181 e. The molecule has 2 unspecified atom stereocenters. The van der Waals surface area contributed by atoms with Crippen molar-refractivity contribution in [3.63, 3.8) is 0 Å². The van der Waals surface area contributed by atoms with Gasteiger partial charge in [0.1, 0.15) is 0 Å². The van der Waals surface area contributed by atoms with E-state index in [2.05, 4.69) is 6.92 Å². The van der Waals surface area contributed by atoms with Gasteiger partial charge in [-0.2, -0.15) is 0 Å². The summed E-state index contributed by atoms with van der Waals surface area (Å²) in [6.45, 7) is 2.44. The minimum atomic E-state index is -3.35. The minimum absolute atomic E-state index is 0.177. The van der Waals surface area contributed by atoms with Crippen LogP contribution < -0.4 is 5.73 Å². The van der Waals surface area contributed by atoms with Crippen molar-refractivity contribution in [2.75, 3.05) is 6.54 Å². The van der Waals surface area contributed by atoms with Crippen molar-refractivity contribution in [1.29, 1.82) is 0 Å². The van der Waals surface area contributed by atoms with Crippen molar-refractivity contribution >= 4 is 9.84 Å².